The lowest BCUT2D eigenvalue weighted by Gasteiger charge is -2.13. The summed E-state index contributed by atoms with van der Waals surface area (Å²) in [7, 11) is 1.77. The van der Waals surface area contributed by atoms with Crippen molar-refractivity contribution in [3.05, 3.63) is 52.3 Å². The van der Waals surface area contributed by atoms with Crippen LogP contribution in [0.5, 0.6) is 0 Å². The van der Waals surface area contributed by atoms with E-state index >= 15 is 0 Å². The maximum Gasteiger partial charge on any atom is 0.293 e. The van der Waals surface area contributed by atoms with Crippen molar-refractivity contribution in [2.75, 3.05) is 0 Å². The first-order valence-electron chi connectivity index (χ1n) is 7.42. The van der Waals surface area contributed by atoms with Crippen molar-refractivity contribution in [2.24, 2.45) is 7.05 Å². The zero-order valence-corrected chi connectivity index (χ0v) is 13.0. The molecule has 0 saturated carbocycles. The first kappa shape index (κ1) is 14.5. The van der Waals surface area contributed by atoms with E-state index in [2.05, 4.69) is 16.5 Å². The summed E-state index contributed by atoms with van der Waals surface area (Å²) in [5.74, 6) is -1.06. The Morgan fingerprint density at radius 1 is 1.27 bits per heavy atom. The number of carbonyl (C=O) groups is 2. The van der Waals surface area contributed by atoms with Gasteiger partial charge in [-0.05, 0) is 37.8 Å². The van der Waals surface area contributed by atoms with Crippen molar-refractivity contribution < 1.29 is 9.59 Å². The summed E-state index contributed by atoms with van der Waals surface area (Å²) in [6.45, 7) is 3.55. The molecule has 5 nitrogen and oxygen atoms in total. The first-order chi connectivity index (χ1) is 10.5. The number of nitrogens with zero attached hydrogens (tertiary/aromatic N) is 2. The van der Waals surface area contributed by atoms with Crippen LogP contribution in [0, 0.1) is 13.8 Å². The van der Waals surface area contributed by atoms with E-state index in [1.54, 1.807) is 25.6 Å². The van der Waals surface area contributed by atoms with Crippen LogP contribution in [0.2, 0.25) is 0 Å². The quantitative estimate of drug-likeness (QED) is 0.696. The lowest BCUT2D eigenvalue weighted by Crippen LogP contribution is -2.34. The Kier molecular flexibility index (Phi) is 3.56. The molecule has 1 aromatic heterocycles. The lowest BCUT2D eigenvalue weighted by molar-refractivity contribution is -0.117. The van der Waals surface area contributed by atoms with Crippen molar-refractivity contribution in [1.82, 2.24) is 15.1 Å². The van der Waals surface area contributed by atoms with Gasteiger partial charge >= 0.3 is 0 Å². The highest BCUT2D eigenvalue weighted by Gasteiger charge is 2.28. The largest absolute Gasteiger partial charge is 0.342 e. The summed E-state index contributed by atoms with van der Waals surface area (Å²) in [4.78, 5) is 24.8. The van der Waals surface area contributed by atoms with Crippen LogP contribution < -0.4 is 5.32 Å². The Morgan fingerprint density at radius 3 is 2.68 bits per heavy atom. The molecule has 2 aromatic rings. The van der Waals surface area contributed by atoms with E-state index in [-0.39, 0.29) is 6.04 Å². The second-order valence-electron chi connectivity index (χ2n) is 5.76. The highest BCUT2D eigenvalue weighted by Crippen LogP contribution is 2.30. The van der Waals surface area contributed by atoms with Crippen molar-refractivity contribution in [3.63, 3.8) is 0 Å². The van der Waals surface area contributed by atoms with Crippen LogP contribution in [-0.2, 0) is 18.3 Å². The zero-order valence-electron chi connectivity index (χ0n) is 13.0. The standard InChI is InChI=1S/C17H19N3O2/c1-10-15(11(2)20(3)19-10)16(21)17(22)18-14-9-8-12-6-4-5-7-13(12)14/h4-7,14H,8-9H2,1-3H3,(H,18,22). The summed E-state index contributed by atoms with van der Waals surface area (Å²) < 4.78 is 1.63. The van der Waals surface area contributed by atoms with E-state index in [0.29, 0.717) is 17.0 Å². The molecule has 114 valence electrons. The SMILES string of the molecule is Cc1nn(C)c(C)c1C(=O)C(=O)NC1CCc2ccccc21. The van der Waals surface area contributed by atoms with E-state index in [1.165, 1.54) is 5.56 Å². The normalized spacial score (nSPS) is 16.4. The van der Waals surface area contributed by atoms with E-state index < -0.39 is 11.7 Å². The van der Waals surface area contributed by atoms with Crippen LogP contribution in [0.1, 0.15) is 45.3 Å². The summed E-state index contributed by atoms with van der Waals surface area (Å²) in [5.41, 5.74) is 4.07. The monoisotopic (exact) mass is 297 g/mol. The molecule has 3 rings (SSSR count). The summed E-state index contributed by atoms with van der Waals surface area (Å²) in [6.07, 6.45) is 1.77. The van der Waals surface area contributed by atoms with Gasteiger partial charge in [0.1, 0.15) is 0 Å². The van der Waals surface area contributed by atoms with E-state index in [4.69, 9.17) is 0 Å². The summed E-state index contributed by atoms with van der Waals surface area (Å²) in [5, 5.41) is 7.07. The van der Waals surface area contributed by atoms with Gasteiger partial charge in [0.2, 0.25) is 0 Å². The van der Waals surface area contributed by atoms with Crippen LogP contribution in [0.25, 0.3) is 0 Å². The van der Waals surface area contributed by atoms with Crippen molar-refractivity contribution in [2.45, 2.75) is 32.7 Å². The van der Waals surface area contributed by atoms with Crippen LogP contribution in [-0.4, -0.2) is 21.5 Å². The number of hydrogen-bond acceptors (Lipinski definition) is 3. The molecule has 0 saturated heterocycles. The molecule has 0 bridgehead atoms. The molecule has 1 aliphatic rings. The summed E-state index contributed by atoms with van der Waals surface area (Å²) >= 11 is 0. The van der Waals surface area contributed by atoms with Crippen molar-refractivity contribution in [3.8, 4) is 0 Å². The second-order valence-corrected chi connectivity index (χ2v) is 5.76. The Balaban J connectivity index is 1.80. The van der Waals surface area contributed by atoms with Gasteiger partial charge in [-0.2, -0.15) is 5.10 Å². The number of Topliss-reactive ketones (excluding diaryl/α,β-unsaturated/α-hetero) is 1. The van der Waals surface area contributed by atoms with E-state index in [9.17, 15) is 9.59 Å². The third kappa shape index (κ3) is 2.32. The fourth-order valence-electron chi connectivity index (χ4n) is 3.15. The van der Waals surface area contributed by atoms with E-state index in [1.807, 2.05) is 18.2 Å². The van der Waals surface area contributed by atoms with Gasteiger partial charge in [0.05, 0.1) is 17.3 Å². The number of rotatable bonds is 3. The van der Waals surface area contributed by atoms with Gasteiger partial charge in [0.25, 0.3) is 11.7 Å². The fourth-order valence-corrected chi connectivity index (χ4v) is 3.15. The fraction of sp³-hybridized carbons (Fsp3) is 0.353. The highest BCUT2D eigenvalue weighted by molar-refractivity contribution is 6.43. The molecule has 1 amide bonds. The Bertz CT molecular complexity index is 761. The van der Waals surface area contributed by atoms with E-state index in [0.717, 1.165) is 18.4 Å². The minimum atomic E-state index is -0.555. The highest BCUT2D eigenvalue weighted by atomic mass is 16.2. The number of benzene rings is 1. The van der Waals surface area contributed by atoms with Gasteiger partial charge in [0, 0.05) is 12.7 Å². The number of fused-ring (bicyclic) bond motifs is 1. The van der Waals surface area contributed by atoms with Gasteiger partial charge < -0.3 is 5.32 Å². The van der Waals surface area contributed by atoms with Crippen LogP contribution in [0.15, 0.2) is 24.3 Å². The molecule has 22 heavy (non-hydrogen) atoms. The molecular weight excluding hydrogens is 278 g/mol. The van der Waals surface area contributed by atoms with Crippen LogP contribution in [0.3, 0.4) is 0 Å². The first-order valence-corrected chi connectivity index (χ1v) is 7.42. The molecule has 1 N–H and O–H groups in total. The zero-order chi connectivity index (χ0) is 15.9. The van der Waals surface area contributed by atoms with Gasteiger partial charge in [0.15, 0.2) is 0 Å². The molecule has 1 atom stereocenters. The smallest absolute Gasteiger partial charge is 0.293 e. The minimum Gasteiger partial charge on any atom is -0.342 e. The molecule has 0 spiro atoms. The van der Waals surface area contributed by atoms with Crippen LogP contribution >= 0.6 is 0 Å². The Hall–Kier alpha value is -2.43. The van der Waals surface area contributed by atoms with Gasteiger partial charge in [-0.3, -0.25) is 14.3 Å². The van der Waals surface area contributed by atoms with Crippen molar-refractivity contribution in [1.29, 1.82) is 0 Å². The molecular formula is C17H19N3O2. The maximum atomic E-state index is 12.4. The molecule has 0 aliphatic heterocycles. The molecule has 0 radical (unpaired) electrons. The van der Waals surface area contributed by atoms with Gasteiger partial charge in [-0.25, -0.2) is 0 Å². The Labute approximate surface area is 129 Å². The molecule has 1 heterocycles. The average molecular weight is 297 g/mol. The maximum absolute atomic E-state index is 12.4. The van der Waals surface area contributed by atoms with Gasteiger partial charge in [-0.1, -0.05) is 24.3 Å². The lowest BCUT2D eigenvalue weighted by atomic mass is 10.1. The molecule has 1 aliphatic carbocycles. The molecule has 5 heteroatoms. The number of hydrogen-bond donors (Lipinski definition) is 1. The summed E-state index contributed by atoms with van der Waals surface area (Å²) in [6, 6.07) is 7.96. The number of nitrogens with one attached hydrogen (secondary N) is 1. The van der Waals surface area contributed by atoms with Gasteiger partial charge in [-0.15, -0.1) is 0 Å². The third-order valence-electron chi connectivity index (χ3n) is 4.38. The average Bonchev–Trinajstić information content (AvgIpc) is 3.00. The topological polar surface area (TPSA) is 64.0 Å². The number of aryl methyl sites for hydroxylation is 3. The third-order valence-corrected chi connectivity index (χ3v) is 4.38. The predicted molar refractivity (Wildman–Crippen MR) is 82.7 cm³/mol. The number of aromatic nitrogens is 2. The predicted octanol–water partition coefficient (Wildman–Crippen LogP) is 2.02. The molecule has 1 unspecified atom stereocenters. The number of ketones is 1. The van der Waals surface area contributed by atoms with Crippen molar-refractivity contribution >= 4 is 11.7 Å². The minimum absolute atomic E-state index is 0.0788. The number of amides is 1. The molecule has 1 aromatic carbocycles. The molecule has 0 fully saturated rings. The number of carbonyl (C=O) groups excluding carboxylic acids is 2. The second kappa shape index (κ2) is 5.40. The van der Waals surface area contributed by atoms with Crippen LogP contribution in [0.4, 0.5) is 0 Å². The Morgan fingerprint density at radius 2 is 2.00 bits per heavy atom.